The summed E-state index contributed by atoms with van der Waals surface area (Å²) in [5.41, 5.74) is 0.892. The molecule has 1 aromatic heterocycles. The number of oxazole rings is 1. The van der Waals surface area contributed by atoms with Crippen molar-refractivity contribution in [3.8, 4) is 0 Å². The van der Waals surface area contributed by atoms with Gasteiger partial charge in [-0.15, -0.1) is 0 Å². The van der Waals surface area contributed by atoms with E-state index in [4.69, 9.17) is 4.42 Å². The van der Waals surface area contributed by atoms with Crippen LogP contribution in [0.25, 0.3) is 11.1 Å². The monoisotopic (exact) mass is 337 g/mol. The molecule has 0 saturated carbocycles. The maximum Gasteiger partial charge on any atom is 0.419 e. The summed E-state index contributed by atoms with van der Waals surface area (Å²) in [6.07, 6.45) is 0.888. The number of hydrogen-bond donors (Lipinski definition) is 1. The van der Waals surface area contributed by atoms with Crippen molar-refractivity contribution in [3.05, 3.63) is 28.7 Å². The van der Waals surface area contributed by atoms with E-state index < -0.39 is 15.8 Å². The molecule has 3 heterocycles. The van der Waals surface area contributed by atoms with Gasteiger partial charge in [-0.2, -0.15) is 4.31 Å². The van der Waals surface area contributed by atoms with E-state index in [0.717, 1.165) is 19.5 Å². The molecule has 2 aromatic rings. The topological polar surface area (TPSA) is 84.5 Å². The molecule has 1 N–H and O–H groups in total. The van der Waals surface area contributed by atoms with Crippen LogP contribution in [0.15, 0.2) is 32.3 Å². The Labute approximate surface area is 133 Å². The maximum atomic E-state index is 12.9. The van der Waals surface area contributed by atoms with Gasteiger partial charge in [0.1, 0.15) is 0 Å². The maximum absolute atomic E-state index is 12.9. The van der Waals surface area contributed by atoms with Crippen LogP contribution in [0.4, 0.5) is 0 Å². The number of nitrogens with zero attached hydrogens (tertiary/aromatic N) is 2. The van der Waals surface area contributed by atoms with E-state index in [9.17, 15) is 13.2 Å². The van der Waals surface area contributed by atoms with Crippen molar-refractivity contribution in [2.75, 3.05) is 26.2 Å². The number of rotatable bonds is 2. The summed E-state index contributed by atoms with van der Waals surface area (Å²) in [7, 11) is -1.96. The number of aryl methyl sites for hydroxylation is 1. The van der Waals surface area contributed by atoms with Gasteiger partial charge in [0, 0.05) is 26.2 Å². The van der Waals surface area contributed by atoms with Gasteiger partial charge in [0.2, 0.25) is 10.0 Å². The molecular weight excluding hydrogens is 318 g/mol. The average Bonchev–Trinajstić information content (AvgIpc) is 3.11. The predicted molar refractivity (Wildman–Crippen MR) is 84.7 cm³/mol. The molecule has 2 unspecified atom stereocenters. The second-order valence-corrected chi connectivity index (χ2v) is 8.32. The van der Waals surface area contributed by atoms with Crippen molar-refractivity contribution in [1.29, 1.82) is 0 Å². The summed E-state index contributed by atoms with van der Waals surface area (Å²) in [5, 5.41) is 3.34. The van der Waals surface area contributed by atoms with Gasteiger partial charge in [-0.25, -0.2) is 13.2 Å². The van der Waals surface area contributed by atoms with Gasteiger partial charge in [-0.1, -0.05) is 0 Å². The Morgan fingerprint density at radius 2 is 2.04 bits per heavy atom. The number of aromatic nitrogens is 1. The van der Waals surface area contributed by atoms with Gasteiger partial charge in [-0.3, -0.25) is 4.57 Å². The van der Waals surface area contributed by atoms with Gasteiger partial charge in [0.05, 0.1) is 10.4 Å². The van der Waals surface area contributed by atoms with Gasteiger partial charge in [-0.05, 0) is 43.5 Å². The summed E-state index contributed by atoms with van der Waals surface area (Å²) >= 11 is 0. The molecule has 23 heavy (non-hydrogen) atoms. The molecule has 124 valence electrons. The highest BCUT2D eigenvalue weighted by molar-refractivity contribution is 7.89. The van der Waals surface area contributed by atoms with Crippen LogP contribution in [0.1, 0.15) is 6.42 Å². The van der Waals surface area contributed by atoms with Crippen LogP contribution in [0.5, 0.6) is 0 Å². The SMILES string of the molecule is Cn1c(=O)oc2cc(S(=O)(=O)N3CCC4CNCC4C3)ccc21. The lowest BCUT2D eigenvalue weighted by Crippen LogP contribution is -2.43. The van der Waals surface area contributed by atoms with Gasteiger partial charge in [0.15, 0.2) is 5.58 Å². The Bertz CT molecular complexity index is 914. The minimum atomic E-state index is -3.56. The van der Waals surface area contributed by atoms with Crippen LogP contribution < -0.4 is 11.1 Å². The molecule has 2 fully saturated rings. The normalized spacial score (nSPS) is 25.8. The number of sulfonamides is 1. The molecule has 2 saturated heterocycles. The van der Waals surface area contributed by atoms with Crippen molar-refractivity contribution < 1.29 is 12.8 Å². The van der Waals surface area contributed by atoms with Crippen molar-refractivity contribution in [1.82, 2.24) is 14.2 Å². The fourth-order valence-corrected chi connectivity index (χ4v) is 5.17. The van der Waals surface area contributed by atoms with Crippen molar-refractivity contribution in [2.45, 2.75) is 11.3 Å². The average molecular weight is 337 g/mol. The van der Waals surface area contributed by atoms with Crippen molar-refractivity contribution in [2.24, 2.45) is 18.9 Å². The van der Waals surface area contributed by atoms with E-state index in [1.165, 1.54) is 10.6 Å². The minimum Gasteiger partial charge on any atom is -0.408 e. The van der Waals surface area contributed by atoms with Crippen LogP contribution in [-0.4, -0.2) is 43.5 Å². The molecule has 7 nitrogen and oxygen atoms in total. The highest BCUT2D eigenvalue weighted by Crippen LogP contribution is 2.30. The molecule has 2 aliphatic heterocycles. The lowest BCUT2D eigenvalue weighted by atomic mass is 9.90. The first-order valence-electron chi connectivity index (χ1n) is 7.77. The smallest absolute Gasteiger partial charge is 0.408 e. The molecule has 0 radical (unpaired) electrons. The third-order valence-electron chi connectivity index (χ3n) is 5.07. The standard InChI is InChI=1S/C15H19N3O4S/c1-17-13-3-2-12(6-14(13)22-15(17)19)23(20,21)18-5-4-10-7-16-8-11(10)9-18/h2-3,6,10-11,16H,4-5,7-9H2,1H3. The molecule has 0 aliphatic carbocycles. The predicted octanol–water partition coefficient (Wildman–Crippen LogP) is 0.361. The van der Waals surface area contributed by atoms with Crippen LogP contribution in [0.3, 0.4) is 0 Å². The number of nitrogens with one attached hydrogen (secondary N) is 1. The zero-order valence-electron chi connectivity index (χ0n) is 12.9. The molecule has 2 aliphatic rings. The Kier molecular flexibility index (Phi) is 3.36. The highest BCUT2D eigenvalue weighted by Gasteiger charge is 2.37. The van der Waals surface area contributed by atoms with E-state index in [1.807, 2.05) is 0 Å². The molecule has 4 rings (SSSR count). The van der Waals surface area contributed by atoms with E-state index in [0.29, 0.717) is 36.0 Å². The fourth-order valence-electron chi connectivity index (χ4n) is 3.64. The summed E-state index contributed by atoms with van der Waals surface area (Å²) < 4.78 is 33.8. The van der Waals surface area contributed by atoms with E-state index >= 15 is 0 Å². The lowest BCUT2D eigenvalue weighted by Gasteiger charge is -2.33. The Morgan fingerprint density at radius 1 is 1.26 bits per heavy atom. The lowest BCUT2D eigenvalue weighted by molar-refractivity contribution is 0.228. The molecule has 1 aromatic carbocycles. The number of hydrogen-bond acceptors (Lipinski definition) is 5. The van der Waals surface area contributed by atoms with Crippen molar-refractivity contribution >= 4 is 21.1 Å². The van der Waals surface area contributed by atoms with Gasteiger partial charge >= 0.3 is 5.76 Å². The molecule has 0 amide bonds. The zero-order chi connectivity index (χ0) is 16.2. The summed E-state index contributed by atoms with van der Waals surface area (Å²) in [4.78, 5) is 11.7. The third kappa shape index (κ3) is 2.32. The summed E-state index contributed by atoms with van der Waals surface area (Å²) in [5.74, 6) is 0.473. The first-order chi connectivity index (χ1) is 11.0. The Balaban J connectivity index is 1.69. The van der Waals surface area contributed by atoms with Crippen LogP contribution in [0.2, 0.25) is 0 Å². The van der Waals surface area contributed by atoms with E-state index in [1.54, 1.807) is 23.5 Å². The van der Waals surface area contributed by atoms with E-state index in [-0.39, 0.29) is 4.90 Å². The van der Waals surface area contributed by atoms with Crippen molar-refractivity contribution in [3.63, 3.8) is 0 Å². The van der Waals surface area contributed by atoms with Crippen LogP contribution in [-0.2, 0) is 17.1 Å². The van der Waals surface area contributed by atoms with Crippen LogP contribution >= 0.6 is 0 Å². The summed E-state index contributed by atoms with van der Waals surface area (Å²) in [6, 6.07) is 4.62. The number of piperidine rings is 1. The summed E-state index contributed by atoms with van der Waals surface area (Å²) in [6.45, 7) is 2.96. The first kappa shape index (κ1) is 14.9. The third-order valence-corrected chi connectivity index (χ3v) is 6.93. The largest absolute Gasteiger partial charge is 0.419 e. The second-order valence-electron chi connectivity index (χ2n) is 6.39. The first-order valence-corrected chi connectivity index (χ1v) is 9.21. The highest BCUT2D eigenvalue weighted by atomic mass is 32.2. The Morgan fingerprint density at radius 3 is 2.87 bits per heavy atom. The van der Waals surface area contributed by atoms with Gasteiger partial charge in [0.25, 0.3) is 0 Å². The number of benzene rings is 1. The number of fused-ring (bicyclic) bond motifs is 2. The quantitative estimate of drug-likeness (QED) is 0.855. The minimum absolute atomic E-state index is 0.184. The molecule has 2 atom stereocenters. The van der Waals surface area contributed by atoms with Gasteiger partial charge < -0.3 is 9.73 Å². The fraction of sp³-hybridized carbons (Fsp3) is 0.533. The molecule has 0 spiro atoms. The second kappa shape index (κ2) is 5.19. The molecule has 0 bridgehead atoms. The Hall–Kier alpha value is -1.64. The van der Waals surface area contributed by atoms with E-state index in [2.05, 4.69) is 5.32 Å². The molecule has 8 heteroatoms. The zero-order valence-corrected chi connectivity index (χ0v) is 13.7. The molecular formula is C15H19N3O4S. The van der Waals surface area contributed by atoms with Crippen LogP contribution in [0, 0.1) is 11.8 Å².